The molecule has 3 rings (SSSR count). The Morgan fingerprint density at radius 3 is 2.26 bits per heavy atom. The zero-order valence-corrected chi connectivity index (χ0v) is 15.1. The Labute approximate surface area is 158 Å². The van der Waals surface area contributed by atoms with Crippen molar-refractivity contribution >= 4 is 12.1 Å². The number of ether oxygens (including phenoxy) is 1. The molecule has 0 bridgehead atoms. The molecule has 0 radical (unpaired) electrons. The lowest BCUT2D eigenvalue weighted by Gasteiger charge is -2.14. The van der Waals surface area contributed by atoms with Gasteiger partial charge in [0.1, 0.15) is 6.61 Å². The zero-order valence-electron chi connectivity index (χ0n) is 15.1. The highest BCUT2D eigenvalue weighted by molar-refractivity contribution is 5.80. The molecule has 0 fully saturated rings. The number of carbonyl (C=O) groups excluding carboxylic acids is 1. The maximum absolute atomic E-state index is 12.0. The van der Waals surface area contributed by atoms with Crippen LogP contribution in [0.1, 0.15) is 36.3 Å². The number of aliphatic carboxylic acids is 1. The molecule has 0 atom stereocenters. The van der Waals surface area contributed by atoms with Gasteiger partial charge in [0.05, 0.1) is 0 Å². The van der Waals surface area contributed by atoms with E-state index in [1.807, 2.05) is 24.3 Å². The van der Waals surface area contributed by atoms with Crippen LogP contribution in [0.3, 0.4) is 0 Å². The van der Waals surface area contributed by atoms with Crippen molar-refractivity contribution in [3.05, 3.63) is 71.8 Å². The fourth-order valence-electron chi connectivity index (χ4n) is 3.41. The molecule has 5 nitrogen and oxygen atoms in total. The molecule has 2 aromatic rings. The molecule has 1 amide bonds. The molecule has 0 aromatic heterocycles. The molecule has 2 N–H and O–H groups in total. The van der Waals surface area contributed by atoms with Gasteiger partial charge >= 0.3 is 12.1 Å². The van der Waals surface area contributed by atoms with Gasteiger partial charge in [0.25, 0.3) is 0 Å². The van der Waals surface area contributed by atoms with E-state index < -0.39 is 12.1 Å². The van der Waals surface area contributed by atoms with Crippen molar-refractivity contribution < 1.29 is 19.4 Å². The summed E-state index contributed by atoms with van der Waals surface area (Å²) in [6.07, 6.45) is 4.60. The molecule has 5 heteroatoms. The lowest BCUT2D eigenvalue weighted by Crippen LogP contribution is -2.27. The van der Waals surface area contributed by atoms with Crippen LogP contribution in [0.4, 0.5) is 4.79 Å². The predicted molar refractivity (Wildman–Crippen MR) is 104 cm³/mol. The van der Waals surface area contributed by atoms with Crippen LogP contribution in [-0.2, 0) is 9.53 Å². The number of rotatable bonds is 8. The summed E-state index contributed by atoms with van der Waals surface area (Å²) in [5.74, 6) is -0.879. The van der Waals surface area contributed by atoms with Gasteiger partial charge < -0.3 is 15.2 Å². The number of alkyl carbamates (subject to hydrolysis) is 1. The topological polar surface area (TPSA) is 75.6 Å². The standard InChI is InChI=1S/C22H23NO4/c24-21(25)13-3-1-2-8-14-23-22(26)27-15-20-18-11-6-4-9-16(18)17-10-5-7-12-19(17)20/h3-7,9-13,20H,1-2,8,14-15H2,(H,23,26)(H,24,25)/b13-3+. The van der Waals surface area contributed by atoms with Crippen molar-refractivity contribution in [1.82, 2.24) is 5.32 Å². The van der Waals surface area contributed by atoms with E-state index in [1.54, 1.807) is 6.08 Å². The van der Waals surface area contributed by atoms with Gasteiger partial charge in [0.15, 0.2) is 0 Å². The quantitative estimate of drug-likeness (QED) is 0.539. The number of hydrogen-bond donors (Lipinski definition) is 2. The van der Waals surface area contributed by atoms with Gasteiger partial charge in [-0.1, -0.05) is 54.6 Å². The highest BCUT2D eigenvalue weighted by atomic mass is 16.5. The highest BCUT2D eigenvalue weighted by Crippen LogP contribution is 2.44. The molecule has 2 aromatic carbocycles. The summed E-state index contributed by atoms with van der Waals surface area (Å²) in [6, 6.07) is 16.5. The van der Waals surface area contributed by atoms with E-state index >= 15 is 0 Å². The van der Waals surface area contributed by atoms with Crippen LogP contribution >= 0.6 is 0 Å². The average Bonchev–Trinajstić information content (AvgIpc) is 2.99. The summed E-state index contributed by atoms with van der Waals surface area (Å²) in [6.45, 7) is 0.818. The van der Waals surface area contributed by atoms with E-state index in [4.69, 9.17) is 9.84 Å². The number of benzene rings is 2. The number of carbonyl (C=O) groups is 2. The first kappa shape index (κ1) is 18.7. The number of nitrogens with one attached hydrogen (secondary N) is 1. The number of hydrogen-bond acceptors (Lipinski definition) is 3. The molecule has 0 aliphatic heterocycles. The van der Waals surface area contributed by atoms with Crippen LogP contribution < -0.4 is 5.32 Å². The maximum atomic E-state index is 12.0. The van der Waals surface area contributed by atoms with Crippen LogP contribution in [0.5, 0.6) is 0 Å². The first-order valence-electron chi connectivity index (χ1n) is 9.15. The second kappa shape index (κ2) is 9.03. The minimum absolute atomic E-state index is 0.0595. The van der Waals surface area contributed by atoms with Crippen LogP contribution in [0, 0.1) is 0 Å². The lowest BCUT2D eigenvalue weighted by atomic mass is 9.98. The normalized spacial score (nSPS) is 12.6. The fourth-order valence-corrected chi connectivity index (χ4v) is 3.41. The SMILES string of the molecule is O=C(O)/C=C/CCCCNC(=O)OCC1c2ccccc2-c2ccccc21. The van der Waals surface area contributed by atoms with Gasteiger partial charge in [0.2, 0.25) is 0 Å². The summed E-state index contributed by atoms with van der Waals surface area (Å²) >= 11 is 0. The van der Waals surface area contributed by atoms with Gasteiger partial charge in [-0.15, -0.1) is 0 Å². The van der Waals surface area contributed by atoms with Gasteiger partial charge in [-0.3, -0.25) is 0 Å². The molecular weight excluding hydrogens is 342 g/mol. The summed E-state index contributed by atoms with van der Waals surface area (Å²) in [4.78, 5) is 22.3. The van der Waals surface area contributed by atoms with Crippen molar-refractivity contribution in [2.75, 3.05) is 13.2 Å². The second-order valence-electron chi connectivity index (χ2n) is 6.49. The molecule has 0 saturated heterocycles. The smallest absolute Gasteiger partial charge is 0.407 e. The Morgan fingerprint density at radius 1 is 1.00 bits per heavy atom. The Kier molecular flexibility index (Phi) is 6.26. The molecular formula is C22H23NO4. The maximum Gasteiger partial charge on any atom is 0.407 e. The number of unbranched alkanes of at least 4 members (excludes halogenated alkanes) is 2. The number of amides is 1. The Balaban J connectivity index is 1.46. The van der Waals surface area contributed by atoms with Crippen molar-refractivity contribution in [1.29, 1.82) is 0 Å². The number of carboxylic acid groups (broad SMARTS) is 1. The van der Waals surface area contributed by atoms with E-state index in [0.717, 1.165) is 18.9 Å². The third kappa shape index (κ3) is 4.76. The molecule has 0 heterocycles. The number of allylic oxidation sites excluding steroid dienone is 1. The predicted octanol–water partition coefficient (Wildman–Crippen LogP) is 4.34. The molecule has 1 aliphatic carbocycles. The first-order valence-corrected chi connectivity index (χ1v) is 9.15. The van der Waals surface area contributed by atoms with E-state index in [0.29, 0.717) is 19.6 Å². The Bertz CT molecular complexity index is 798. The monoisotopic (exact) mass is 365 g/mol. The van der Waals surface area contributed by atoms with Gasteiger partial charge in [-0.2, -0.15) is 0 Å². The highest BCUT2D eigenvalue weighted by Gasteiger charge is 2.28. The largest absolute Gasteiger partial charge is 0.478 e. The fraction of sp³-hybridized carbons (Fsp3) is 0.273. The van der Waals surface area contributed by atoms with E-state index in [1.165, 1.54) is 22.3 Å². The van der Waals surface area contributed by atoms with E-state index in [2.05, 4.69) is 29.6 Å². The van der Waals surface area contributed by atoms with Crippen molar-refractivity contribution in [3.63, 3.8) is 0 Å². The van der Waals surface area contributed by atoms with Gasteiger partial charge in [-0.25, -0.2) is 9.59 Å². The Hall–Kier alpha value is -3.08. The van der Waals surface area contributed by atoms with Crippen LogP contribution in [0.25, 0.3) is 11.1 Å². The molecule has 1 aliphatic rings. The molecule has 140 valence electrons. The van der Waals surface area contributed by atoms with Gasteiger partial charge in [-0.05, 0) is 41.5 Å². The third-order valence-corrected chi connectivity index (χ3v) is 4.67. The summed E-state index contributed by atoms with van der Waals surface area (Å²) in [7, 11) is 0. The van der Waals surface area contributed by atoms with E-state index in [-0.39, 0.29) is 5.92 Å². The van der Waals surface area contributed by atoms with Gasteiger partial charge in [0, 0.05) is 18.5 Å². The first-order chi connectivity index (χ1) is 13.2. The third-order valence-electron chi connectivity index (χ3n) is 4.67. The summed E-state index contributed by atoms with van der Waals surface area (Å²) in [5, 5.41) is 11.3. The molecule has 27 heavy (non-hydrogen) atoms. The second-order valence-corrected chi connectivity index (χ2v) is 6.49. The van der Waals surface area contributed by atoms with Crippen molar-refractivity contribution in [2.24, 2.45) is 0 Å². The Morgan fingerprint density at radius 2 is 1.63 bits per heavy atom. The number of carboxylic acids is 1. The average molecular weight is 365 g/mol. The van der Waals surface area contributed by atoms with Crippen LogP contribution in [0.15, 0.2) is 60.7 Å². The van der Waals surface area contributed by atoms with Crippen LogP contribution in [0.2, 0.25) is 0 Å². The summed E-state index contributed by atoms with van der Waals surface area (Å²) in [5.41, 5.74) is 4.79. The lowest BCUT2D eigenvalue weighted by molar-refractivity contribution is -0.131. The minimum atomic E-state index is -0.938. The number of fused-ring (bicyclic) bond motifs is 3. The minimum Gasteiger partial charge on any atom is -0.478 e. The summed E-state index contributed by atoms with van der Waals surface area (Å²) < 4.78 is 5.46. The van der Waals surface area contributed by atoms with E-state index in [9.17, 15) is 9.59 Å². The molecule has 0 unspecified atom stereocenters. The van der Waals surface area contributed by atoms with Crippen molar-refractivity contribution in [2.45, 2.75) is 25.2 Å². The van der Waals surface area contributed by atoms with Crippen LogP contribution in [-0.4, -0.2) is 30.3 Å². The van der Waals surface area contributed by atoms with Crippen molar-refractivity contribution in [3.8, 4) is 11.1 Å². The molecule has 0 spiro atoms. The molecule has 0 saturated carbocycles. The zero-order chi connectivity index (χ0) is 19.1.